The third-order valence-corrected chi connectivity index (χ3v) is 4.16. The van der Waals surface area contributed by atoms with Crippen molar-refractivity contribution < 1.29 is 9.53 Å². The molecule has 110 valence electrons. The molecular weight excluding hydrogens is 252 g/mol. The maximum Gasteiger partial charge on any atom is 0.227 e. The van der Waals surface area contributed by atoms with Gasteiger partial charge in [-0.3, -0.25) is 4.79 Å². The van der Waals surface area contributed by atoms with Crippen LogP contribution >= 0.6 is 0 Å². The van der Waals surface area contributed by atoms with Crippen molar-refractivity contribution in [3.8, 4) is 5.75 Å². The monoisotopic (exact) mass is 276 g/mol. The van der Waals surface area contributed by atoms with E-state index in [1.165, 1.54) is 5.56 Å². The summed E-state index contributed by atoms with van der Waals surface area (Å²) >= 11 is 0. The van der Waals surface area contributed by atoms with Gasteiger partial charge in [-0.25, -0.2) is 0 Å². The number of likely N-dealkylation sites (tertiary alicyclic amines) is 1. The first-order valence-electron chi connectivity index (χ1n) is 7.35. The van der Waals surface area contributed by atoms with Crippen LogP contribution in [0, 0.1) is 5.92 Å². The van der Waals surface area contributed by atoms with Gasteiger partial charge >= 0.3 is 0 Å². The van der Waals surface area contributed by atoms with E-state index >= 15 is 0 Å². The summed E-state index contributed by atoms with van der Waals surface area (Å²) in [5.74, 6) is 1.00. The van der Waals surface area contributed by atoms with Crippen molar-refractivity contribution in [1.29, 1.82) is 0 Å². The van der Waals surface area contributed by atoms with E-state index < -0.39 is 0 Å². The fourth-order valence-corrected chi connectivity index (χ4v) is 2.88. The lowest BCUT2D eigenvalue weighted by Gasteiger charge is -2.28. The Labute approximate surface area is 120 Å². The van der Waals surface area contributed by atoms with Crippen LogP contribution in [0.25, 0.3) is 0 Å². The van der Waals surface area contributed by atoms with Crippen molar-refractivity contribution in [2.75, 3.05) is 20.2 Å². The number of methoxy groups -OCH3 is 1. The Morgan fingerprint density at radius 2 is 2.15 bits per heavy atom. The van der Waals surface area contributed by atoms with Gasteiger partial charge in [0.2, 0.25) is 5.91 Å². The van der Waals surface area contributed by atoms with E-state index in [9.17, 15) is 4.79 Å². The molecular formula is C16H24N2O2. The molecule has 20 heavy (non-hydrogen) atoms. The molecule has 1 saturated heterocycles. The molecule has 0 aromatic heterocycles. The molecule has 1 heterocycles. The Hall–Kier alpha value is -1.55. The summed E-state index contributed by atoms with van der Waals surface area (Å²) in [6, 6.07) is 8.21. The highest BCUT2D eigenvalue weighted by molar-refractivity contribution is 5.79. The number of carbonyl (C=O) groups excluding carboxylic acids is 1. The Morgan fingerprint density at radius 1 is 1.45 bits per heavy atom. The normalized spacial score (nSPS) is 19.9. The maximum atomic E-state index is 12.5. The minimum absolute atomic E-state index is 0.0474. The number of ether oxygens (including phenoxy) is 1. The molecule has 1 aliphatic heterocycles. The molecule has 2 unspecified atom stereocenters. The second-order valence-electron chi connectivity index (χ2n) is 5.30. The van der Waals surface area contributed by atoms with Gasteiger partial charge in [-0.1, -0.05) is 19.1 Å². The lowest BCUT2D eigenvalue weighted by Crippen LogP contribution is -2.38. The van der Waals surface area contributed by atoms with Crippen molar-refractivity contribution in [3.63, 3.8) is 0 Å². The van der Waals surface area contributed by atoms with Gasteiger partial charge in [0.1, 0.15) is 5.75 Å². The van der Waals surface area contributed by atoms with Gasteiger partial charge in [0.25, 0.3) is 0 Å². The van der Waals surface area contributed by atoms with Gasteiger partial charge in [0.05, 0.1) is 19.1 Å². The molecule has 4 heteroatoms. The van der Waals surface area contributed by atoms with Gasteiger partial charge in [-0.15, -0.1) is 0 Å². The van der Waals surface area contributed by atoms with Crippen LogP contribution in [0.1, 0.15) is 37.8 Å². The van der Waals surface area contributed by atoms with Crippen molar-refractivity contribution >= 4 is 5.91 Å². The van der Waals surface area contributed by atoms with Crippen molar-refractivity contribution in [1.82, 2.24) is 4.90 Å². The smallest absolute Gasteiger partial charge is 0.227 e. The zero-order chi connectivity index (χ0) is 14.5. The summed E-state index contributed by atoms with van der Waals surface area (Å²) in [5.41, 5.74) is 6.89. The highest BCUT2D eigenvalue weighted by atomic mass is 16.5. The number of rotatable bonds is 5. The van der Waals surface area contributed by atoms with Crippen molar-refractivity contribution in [3.05, 3.63) is 29.8 Å². The minimum Gasteiger partial charge on any atom is -0.497 e. The number of nitrogens with zero attached hydrogens (tertiary/aromatic N) is 1. The predicted octanol–water partition coefficient (Wildman–Crippen LogP) is 2.34. The fourth-order valence-electron chi connectivity index (χ4n) is 2.88. The fraction of sp³-hybridized carbons (Fsp3) is 0.562. The zero-order valence-corrected chi connectivity index (χ0v) is 12.3. The molecule has 2 atom stereocenters. The molecule has 1 fully saturated rings. The van der Waals surface area contributed by atoms with Gasteiger partial charge in [0.15, 0.2) is 0 Å². The number of nitrogens with two attached hydrogens (primary N) is 1. The maximum absolute atomic E-state index is 12.5. The zero-order valence-electron chi connectivity index (χ0n) is 12.3. The standard InChI is InChI=1S/C16H24N2O2/c1-3-12(11-17)16(19)18-10-4-5-15(18)13-6-8-14(20-2)9-7-13/h6-9,12,15H,3-5,10-11,17H2,1-2H3. The van der Waals surface area contributed by atoms with Crippen LogP contribution in [0.3, 0.4) is 0 Å². The first kappa shape index (κ1) is 14.9. The Balaban J connectivity index is 2.15. The average molecular weight is 276 g/mol. The number of hydrogen-bond donors (Lipinski definition) is 1. The van der Waals surface area contributed by atoms with E-state index in [4.69, 9.17) is 10.5 Å². The predicted molar refractivity (Wildman–Crippen MR) is 79.5 cm³/mol. The number of carbonyl (C=O) groups is 1. The van der Waals surface area contributed by atoms with E-state index in [-0.39, 0.29) is 17.9 Å². The van der Waals surface area contributed by atoms with Crippen LogP contribution in [-0.4, -0.2) is 31.0 Å². The summed E-state index contributed by atoms with van der Waals surface area (Å²) in [4.78, 5) is 14.5. The molecule has 0 aliphatic carbocycles. The highest BCUT2D eigenvalue weighted by Crippen LogP contribution is 2.34. The number of benzene rings is 1. The molecule has 0 radical (unpaired) electrons. The molecule has 0 spiro atoms. The quantitative estimate of drug-likeness (QED) is 0.898. The molecule has 0 bridgehead atoms. The summed E-state index contributed by atoms with van der Waals surface area (Å²) in [6.07, 6.45) is 2.89. The van der Waals surface area contributed by atoms with Crippen molar-refractivity contribution in [2.24, 2.45) is 11.7 Å². The van der Waals surface area contributed by atoms with E-state index in [2.05, 4.69) is 12.1 Å². The van der Waals surface area contributed by atoms with Crippen LogP contribution in [0.5, 0.6) is 5.75 Å². The van der Waals surface area contributed by atoms with Crippen LogP contribution in [0.15, 0.2) is 24.3 Å². The molecule has 1 aromatic carbocycles. The van der Waals surface area contributed by atoms with Crippen molar-refractivity contribution in [2.45, 2.75) is 32.2 Å². The SMILES string of the molecule is CCC(CN)C(=O)N1CCCC1c1ccc(OC)cc1. The average Bonchev–Trinajstić information content (AvgIpc) is 2.98. The third kappa shape index (κ3) is 2.96. The summed E-state index contributed by atoms with van der Waals surface area (Å²) in [6.45, 7) is 3.29. The molecule has 1 aromatic rings. The summed E-state index contributed by atoms with van der Waals surface area (Å²) < 4.78 is 5.18. The molecule has 1 aliphatic rings. The molecule has 2 N–H and O–H groups in total. The Bertz CT molecular complexity index is 440. The lowest BCUT2D eigenvalue weighted by atomic mass is 10.0. The Morgan fingerprint density at radius 3 is 2.70 bits per heavy atom. The van der Waals surface area contributed by atoms with E-state index in [0.29, 0.717) is 6.54 Å². The molecule has 2 rings (SSSR count). The van der Waals surface area contributed by atoms with Gasteiger partial charge in [-0.2, -0.15) is 0 Å². The largest absolute Gasteiger partial charge is 0.497 e. The van der Waals surface area contributed by atoms with E-state index in [1.54, 1.807) is 7.11 Å². The number of hydrogen-bond acceptors (Lipinski definition) is 3. The number of amides is 1. The second-order valence-corrected chi connectivity index (χ2v) is 5.30. The highest BCUT2D eigenvalue weighted by Gasteiger charge is 2.32. The minimum atomic E-state index is -0.0474. The lowest BCUT2D eigenvalue weighted by molar-refractivity contribution is -0.136. The topological polar surface area (TPSA) is 55.6 Å². The van der Waals surface area contributed by atoms with Crippen LogP contribution in [-0.2, 0) is 4.79 Å². The van der Waals surface area contributed by atoms with Crippen LogP contribution < -0.4 is 10.5 Å². The third-order valence-electron chi connectivity index (χ3n) is 4.16. The second kappa shape index (κ2) is 6.75. The van der Waals surface area contributed by atoms with Crippen LogP contribution in [0.2, 0.25) is 0 Å². The molecule has 4 nitrogen and oxygen atoms in total. The van der Waals surface area contributed by atoms with Gasteiger partial charge in [-0.05, 0) is 37.0 Å². The van der Waals surface area contributed by atoms with Gasteiger partial charge < -0.3 is 15.4 Å². The molecule has 1 amide bonds. The van der Waals surface area contributed by atoms with E-state index in [1.807, 2.05) is 24.0 Å². The van der Waals surface area contributed by atoms with Gasteiger partial charge in [0, 0.05) is 13.1 Å². The Kier molecular flexibility index (Phi) is 5.01. The first-order chi connectivity index (χ1) is 9.71. The first-order valence-corrected chi connectivity index (χ1v) is 7.35. The summed E-state index contributed by atoms with van der Waals surface area (Å²) in [7, 11) is 1.66. The van der Waals surface area contributed by atoms with Crippen LogP contribution in [0.4, 0.5) is 0 Å². The van der Waals surface area contributed by atoms with E-state index in [0.717, 1.165) is 31.6 Å². The summed E-state index contributed by atoms with van der Waals surface area (Å²) in [5, 5.41) is 0. The molecule has 0 saturated carbocycles.